The summed E-state index contributed by atoms with van der Waals surface area (Å²) in [6, 6.07) is 12.0. The Hall–Kier alpha value is -2.56. The van der Waals surface area contributed by atoms with Crippen LogP contribution in [-0.2, 0) is 4.79 Å². The first-order valence-electron chi connectivity index (χ1n) is 8.82. The molecular weight excluding hydrogens is 335 g/mol. The average molecular weight is 358 g/mol. The molecule has 1 aliphatic carbocycles. The van der Waals surface area contributed by atoms with Crippen LogP contribution in [-0.4, -0.2) is 24.3 Å². The number of hydrogen-bond acceptors (Lipinski definition) is 3. The van der Waals surface area contributed by atoms with E-state index in [4.69, 9.17) is 14.6 Å². The predicted molar refractivity (Wildman–Crippen MR) is 96.9 cm³/mol. The second-order valence-corrected chi connectivity index (χ2v) is 7.16. The van der Waals surface area contributed by atoms with Crippen molar-refractivity contribution in [3.05, 3.63) is 48.3 Å². The van der Waals surface area contributed by atoms with E-state index in [9.17, 15) is 9.18 Å². The SMILES string of the molecule is CC(C)COc1cc(F)cc(-c2ccc(OC[C@@H]3C[C@H]3C(=O)O)cc2)c1. The minimum absolute atomic E-state index is 0.0936. The van der Waals surface area contributed by atoms with Gasteiger partial charge < -0.3 is 14.6 Å². The van der Waals surface area contributed by atoms with Crippen LogP contribution in [0.2, 0.25) is 0 Å². The lowest BCUT2D eigenvalue weighted by molar-refractivity contribution is -0.138. The normalized spacial score (nSPS) is 18.6. The molecule has 2 aromatic rings. The highest BCUT2D eigenvalue weighted by atomic mass is 19.1. The molecule has 138 valence electrons. The molecule has 0 radical (unpaired) electrons. The molecule has 0 aliphatic heterocycles. The molecule has 0 heterocycles. The van der Waals surface area contributed by atoms with Crippen molar-refractivity contribution in [1.29, 1.82) is 0 Å². The summed E-state index contributed by atoms with van der Waals surface area (Å²) in [6.07, 6.45) is 0.676. The molecule has 2 aromatic carbocycles. The molecule has 1 saturated carbocycles. The number of rotatable bonds is 8. The molecule has 4 nitrogen and oxygen atoms in total. The van der Waals surface area contributed by atoms with Gasteiger partial charge in [-0.15, -0.1) is 0 Å². The van der Waals surface area contributed by atoms with Crippen molar-refractivity contribution in [1.82, 2.24) is 0 Å². The fraction of sp³-hybridized carbons (Fsp3) is 0.381. The molecule has 1 aliphatic rings. The zero-order valence-corrected chi connectivity index (χ0v) is 14.9. The number of ether oxygens (including phenoxy) is 2. The smallest absolute Gasteiger partial charge is 0.306 e. The van der Waals surface area contributed by atoms with Gasteiger partial charge in [-0.3, -0.25) is 4.79 Å². The maximum absolute atomic E-state index is 13.9. The van der Waals surface area contributed by atoms with Gasteiger partial charge in [0.05, 0.1) is 19.1 Å². The van der Waals surface area contributed by atoms with Gasteiger partial charge in [0.15, 0.2) is 0 Å². The summed E-state index contributed by atoms with van der Waals surface area (Å²) in [5.41, 5.74) is 1.60. The zero-order chi connectivity index (χ0) is 18.7. The third-order valence-electron chi connectivity index (χ3n) is 4.35. The number of carboxylic acid groups (broad SMARTS) is 1. The standard InChI is InChI=1S/C21H23FO4/c1-13(2)11-25-19-8-15(7-17(22)10-19)14-3-5-18(6-4-14)26-12-16-9-20(16)21(23)24/h3-8,10,13,16,20H,9,11-12H2,1-2H3,(H,23,24)/t16-,20+/m0/s1. The zero-order valence-electron chi connectivity index (χ0n) is 14.9. The van der Waals surface area contributed by atoms with Gasteiger partial charge in [-0.05, 0) is 47.7 Å². The van der Waals surface area contributed by atoms with Crippen LogP contribution in [0.4, 0.5) is 4.39 Å². The van der Waals surface area contributed by atoms with Crippen molar-refractivity contribution in [3.8, 4) is 22.6 Å². The molecule has 5 heteroatoms. The lowest BCUT2D eigenvalue weighted by atomic mass is 10.1. The number of hydrogen-bond donors (Lipinski definition) is 1. The maximum Gasteiger partial charge on any atom is 0.306 e. The van der Waals surface area contributed by atoms with Gasteiger partial charge in [-0.25, -0.2) is 4.39 Å². The van der Waals surface area contributed by atoms with Gasteiger partial charge in [-0.1, -0.05) is 26.0 Å². The van der Waals surface area contributed by atoms with Gasteiger partial charge in [0.2, 0.25) is 0 Å². The Morgan fingerprint density at radius 3 is 2.46 bits per heavy atom. The summed E-state index contributed by atoms with van der Waals surface area (Å²) in [5, 5.41) is 8.90. The van der Waals surface area contributed by atoms with Crippen LogP contribution in [0.3, 0.4) is 0 Å². The Morgan fingerprint density at radius 1 is 1.12 bits per heavy atom. The summed E-state index contributed by atoms with van der Waals surface area (Å²) in [7, 11) is 0. The van der Waals surface area contributed by atoms with E-state index in [1.165, 1.54) is 12.1 Å². The quantitative estimate of drug-likeness (QED) is 0.748. The first-order chi connectivity index (χ1) is 12.4. The van der Waals surface area contributed by atoms with E-state index in [1.807, 2.05) is 44.2 Å². The van der Waals surface area contributed by atoms with Crippen LogP contribution >= 0.6 is 0 Å². The van der Waals surface area contributed by atoms with Crippen LogP contribution in [0.15, 0.2) is 42.5 Å². The molecule has 2 atom stereocenters. The van der Waals surface area contributed by atoms with E-state index in [2.05, 4.69) is 0 Å². The topological polar surface area (TPSA) is 55.8 Å². The van der Waals surface area contributed by atoms with Crippen molar-refractivity contribution >= 4 is 5.97 Å². The Bertz CT molecular complexity index is 770. The number of halogens is 1. The highest BCUT2D eigenvalue weighted by Gasteiger charge is 2.43. The van der Waals surface area contributed by atoms with Crippen LogP contribution < -0.4 is 9.47 Å². The molecule has 0 aromatic heterocycles. The lowest BCUT2D eigenvalue weighted by Gasteiger charge is -2.11. The van der Waals surface area contributed by atoms with Crippen LogP contribution in [0.1, 0.15) is 20.3 Å². The molecule has 0 amide bonds. The molecule has 0 bridgehead atoms. The monoisotopic (exact) mass is 358 g/mol. The minimum Gasteiger partial charge on any atom is -0.493 e. The fourth-order valence-corrected chi connectivity index (χ4v) is 2.76. The van der Waals surface area contributed by atoms with Gasteiger partial charge in [0, 0.05) is 12.0 Å². The Balaban J connectivity index is 1.63. The van der Waals surface area contributed by atoms with Crippen LogP contribution in [0.5, 0.6) is 11.5 Å². The molecule has 1 fully saturated rings. The van der Waals surface area contributed by atoms with Gasteiger partial charge in [-0.2, -0.15) is 0 Å². The van der Waals surface area contributed by atoms with Gasteiger partial charge in [0.25, 0.3) is 0 Å². The Labute approximate surface area is 152 Å². The van der Waals surface area contributed by atoms with E-state index in [1.54, 1.807) is 0 Å². The molecule has 0 spiro atoms. The van der Waals surface area contributed by atoms with Crippen molar-refractivity contribution in [2.75, 3.05) is 13.2 Å². The lowest BCUT2D eigenvalue weighted by Crippen LogP contribution is -2.06. The summed E-state index contributed by atoms with van der Waals surface area (Å²) < 4.78 is 25.2. The molecule has 1 N–H and O–H groups in total. The third kappa shape index (κ3) is 4.75. The minimum atomic E-state index is -0.754. The highest BCUT2D eigenvalue weighted by molar-refractivity contribution is 5.73. The summed E-state index contributed by atoms with van der Waals surface area (Å²) in [4.78, 5) is 10.8. The van der Waals surface area contributed by atoms with E-state index in [0.717, 1.165) is 11.1 Å². The molecule has 0 saturated heterocycles. The fourth-order valence-electron chi connectivity index (χ4n) is 2.76. The Kier molecular flexibility index (Phi) is 5.45. The van der Waals surface area contributed by atoms with Gasteiger partial charge in [0.1, 0.15) is 17.3 Å². The summed E-state index contributed by atoms with van der Waals surface area (Å²) in [5.74, 6) is 0.290. The van der Waals surface area contributed by atoms with E-state index in [0.29, 0.717) is 37.1 Å². The molecular formula is C21H23FO4. The maximum atomic E-state index is 13.9. The van der Waals surface area contributed by atoms with Gasteiger partial charge >= 0.3 is 5.97 Å². The van der Waals surface area contributed by atoms with Crippen molar-refractivity contribution in [3.63, 3.8) is 0 Å². The number of carboxylic acids is 1. The number of carbonyl (C=O) groups is 1. The first-order valence-corrected chi connectivity index (χ1v) is 8.82. The largest absolute Gasteiger partial charge is 0.493 e. The van der Waals surface area contributed by atoms with E-state index in [-0.39, 0.29) is 17.7 Å². The highest BCUT2D eigenvalue weighted by Crippen LogP contribution is 2.39. The number of benzene rings is 2. The summed E-state index contributed by atoms with van der Waals surface area (Å²) >= 11 is 0. The second kappa shape index (κ2) is 7.77. The summed E-state index contributed by atoms with van der Waals surface area (Å²) in [6.45, 7) is 5.02. The molecule has 3 rings (SSSR count). The second-order valence-electron chi connectivity index (χ2n) is 7.16. The van der Waals surface area contributed by atoms with Crippen molar-refractivity contribution in [2.24, 2.45) is 17.8 Å². The predicted octanol–water partition coefficient (Wildman–Crippen LogP) is 4.63. The first kappa shape index (κ1) is 18.2. The van der Waals surface area contributed by atoms with Crippen molar-refractivity contribution in [2.45, 2.75) is 20.3 Å². The number of aliphatic carboxylic acids is 1. The average Bonchev–Trinajstić information content (AvgIpc) is 3.38. The molecule has 26 heavy (non-hydrogen) atoms. The van der Waals surface area contributed by atoms with E-state index >= 15 is 0 Å². The Morgan fingerprint density at radius 2 is 1.85 bits per heavy atom. The van der Waals surface area contributed by atoms with E-state index < -0.39 is 5.97 Å². The third-order valence-corrected chi connectivity index (χ3v) is 4.35. The van der Waals surface area contributed by atoms with Crippen molar-refractivity contribution < 1.29 is 23.8 Å². The van der Waals surface area contributed by atoms with Crippen LogP contribution in [0, 0.1) is 23.6 Å². The molecule has 0 unspecified atom stereocenters. The van der Waals surface area contributed by atoms with Crippen LogP contribution in [0.25, 0.3) is 11.1 Å².